The molecule has 25 heavy (non-hydrogen) atoms. The number of hydrogen-bond donors (Lipinski definition) is 1. The Morgan fingerprint density at radius 1 is 1.32 bits per heavy atom. The normalized spacial score (nSPS) is 14.1. The van der Waals surface area contributed by atoms with Crippen molar-refractivity contribution >= 4 is 23.3 Å². The molecular formula is C17H22N2O6. The van der Waals surface area contributed by atoms with Gasteiger partial charge in [-0.05, 0) is 24.5 Å². The van der Waals surface area contributed by atoms with Gasteiger partial charge < -0.3 is 14.8 Å². The minimum absolute atomic E-state index is 0.0257. The SMILES string of the molecule is COc1ccc(NC(=O)COC(=O)CCC2CCCC2)c([N+](=O)[O-])c1. The van der Waals surface area contributed by atoms with Crippen molar-refractivity contribution in [3.63, 3.8) is 0 Å². The Kier molecular flexibility index (Phi) is 6.73. The summed E-state index contributed by atoms with van der Waals surface area (Å²) in [4.78, 5) is 34.0. The molecule has 1 N–H and O–H groups in total. The smallest absolute Gasteiger partial charge is 0.306 e. The summed E-state index contributed by atoms with van der Waals surface area (Å²) in [6.07, 6.45) is 5.79. The van der Waals surface area contributed by atoms with Crippen LogP contribution in [0, 0.1) is 16.0 Å². The quantitative estimate of drug-likeness (QED) is 0.438. The molecule has 1 aliphatic rings. The van der Waals surface area contributed by atoms with Crippen LogP contribution in [0.5, 0.6) is 5.75 Å². The van der Waals surface area contributed by atoms with Crippen LogP contribution in [0.3, 0.4) is 0 Å². The van der Waals surface area contributed by atoms with Gasteiger partial charge in [0.05, 0.1) is 18.1 Å². The van der Waals surface area contributed by atoms with Gasteiger partial charge in [0.25, 0.3) is 11.6 Å². The Morgan fingerprint density at radius 2 is 2.04 bits per heavy atom. The zero-order chi connectivity index (χ0) is 18.2. The zero-order valence-corrected chi connectivity index (χ0v) is 14.2. The van der Waals surface area contributed by atoms with E-state index >= 15 is 0 Å². The molecule has 0 bridgehead atoms. The second-order valence-corrected chi connectivity index (χ2v) is 6.04. The number of methoxy groups -OCH3 is 1. The number of nitrogens with zero attached hydrogens (tertiary/aromatic N) is 1. The summed E-state index contributed by atoms with van der Waals surface area (Å²) in [5.41, 5.74) is -0.266. The summed E-state index contributed by atoms with van der Waals surface area (Å²) in [6, 6.07) is 4.08. The van der Waals surface area contributed by atoms with Gasteiger partial charge in [-0.3, -0.25) is 19.7 Å². The summed E-state index contributed by atoms with van der Waals surface area (Å²) in [5, 5.41) is 13.4. The number of nitrogens with one attached hydrogen (secondary N) is 1. The molecule has 1 aromatic rings. The first-order valence-corrected chi connectivity index (χ1v) is 8.27. The Hall–Kier alpha value is -2.64. The van der Waals surface area contributed by atoms with Crippen LogP contribution in [-0.2, 0) is 14.3 Å². The van der Waals surface area contributed by atoms with E-state index in [0.29, 0.717) is 18.1 Å². The lowest BCUT2D eigenvalue weighted by Gasteiger charge is -2.10. The van der Waals surface area contributed by atoms with Crippen molar-refractivity contribution in [3.05, 3.63) is 28.3 Å². The summed E-state index contributed by atoms with van der Waals surface area (Å²) < 4.78 is 9.86. The number of carbonyl (C=O) groups excluding carboxylic acids is 2. The number of benzene rings is 1. The molecule has 0 aliphatic heterocycles. The largest absolute Gasteiger partial charge is 0.496 e. The summed E-state index contributed by atoms with van der Waals surface area (Å²) in [6.45, 7) is -0.466. The van der Waals surface area contributed by atoms with Crippen LogP contribution in [-0.4, -0.2) is 30.5 Å². The van der Waals surface area contributed by atoms with E-state index in [-0.39, 0.29) is 11.4 Å². The third-order valence-electron chi connectivity index (χ3n) is 4.27. The highest BCUT2D eigenvalue weighted by Gasteiger charge is 2.19. The first kappa shape index (κ1) is 18.7. The maximum absolute atomic E-state index is 11.9. The summed E-state index contributed by atoms with van der Waals surface area (Å²) in [7, 11) is 1.39. The standard InChI is InChI=1S/C17H22N2O6/c1-24-13-7-8-14(15(10-13)19(22)23)18-16(20)11-25-17(21)9-6-12-4-2-3-5-12/h7-8,10,12H,2-6,9,11H2,1H3,(H,18,20). The molecule has 0 unspecified atom stereocenters. The van der Waals surface area contributed by atoms with Crippen LogP contribution < -0.4 is 10.1 Å². The molecule has 0 heterocycles. The van der Waals surface area contributed by atoms with Crippen LogP contribution in [0.4, 0.5) is 11.4 Å². The maximum atomic E-state index is 11.9. The van der Waals surface area contributed by atoms with Crippen molar-refractivity contribution in [1.29, 1.82) is 0 Å². The molecule has 0 aromatic heterocycles. The van der Waals surface area contributed by atoms with Gasteiger partial charge in [-0.1, -0.05) is 25.7 Å². The van der Waals surface area contributed by atoms with Gasteiger partial charge in [-0.25, -0.2) is 0 Å². The molecule has 8 nitrogen and oxygen atoms in total. The number of esters is 1. The lowest BCUT2D eigenvalue weighted by Crippen LogP contribution is -2.21. The fourth-order valence-corrected chi connectivity index (χ4v) is 2.92. The maximum Gasteiger partial charge on any atom is 0.306 e. The van der Waals surface area contributed by atoms with Gasteiger partial charge in [-0.2, -0.15) is 0 Å². The van der Waals surface area contributed by atoms with Gasteiger partial charge in [0.1, 0.15) is 11.4 Å². The molecule has 0 radical (unpaired) electrons. The van der Waals surface area contributed by atoms with Gasteiger partial charge >= 0.3 is 5.97 Å². The molecule has 0 saturated heterocycles. The molecule has 0 atom stereocenters. The molecule has 1 saturated carbocycles. The van der Waals surface area contributed by atoms with E-state index in [1.165, 1.54) is 38.2 Å². The average molecular weight is 350 g/mol. The van der Waals surface area contributed by atoms with Crippen molar-refractivity contribution in [2.24, 2.45) is 5.92 Å². The highest BCUT2D eigenvalue weighted by Crippen LogP contribution is 2.29. The highest BCUT2D eigenvalue weighted by atomic mass is 16.6. The zero-order valence-electron chi connectivity index (χ0n) is 14.2. The molecular weight excluding hydrogens is 328 g/mol. The number of ether oxygens (including phenoxy) is 2. The predicted molar refractivity (Wildman–Crippen MR) is 90.4 cm³/mol. The lowest BCUT2D eigenvalue weighted by atomic mass is 10.0. The number of amides is 1. The van der Waals surface area contributed by atoms with Gasteiger partial charge in [0.15, 0.2) is 6.61 Å². The number of rotatable bonds is 8. The number of carbonyl (C=O) groups is 2. The minimum Gasteiger partial charge on any atom is -0.496 e. The van der Waals surface area contributed by atoms with E-state index in [4.69, 9.17) is 9.47 Å². The van der Waals surface area contributed by atoms with E-state index in [9.17, 15) is 19.7 Å². The molecule has 2 rings (SSSR count). The molecule has 1 aromatic carbocycles. The molecule has 1 amide bonds. The first-order valence-electron chi connectivity index (χ1n) is 8.27. The van der Waals surface area contributed by atoms with Gasteiger partial charge in [-0.15, -0.1) is 0 Å². The highest BCUT2D eigenvalue weighted by molar-refractivity contribution is 5.95. The monoisotopic (exact) mass is 350 g/mol. The third kappa shape index (κ3) is 5.74. The Bertz CT molecular complexity index is 640. The Balaban J connectivity index is 1.81. The molecule has 0 spiro atoms. The molecule has 8 heteroatoms. The van der Waals surface area contributed by atoms with Crippen LogP contribution in [0.25, 0.3) is 0 Å². The molecule has 1 fully saturated rings. The summed E-state index contributed by atoms with van der Waals surface area (Å²) >= 11 is 0. The van der Waals surface area contributed by atoms with E-state index in [2.05, 4.69) is 5.32 Å². The average Bonchev–Trinajstić information content (AvgIpc) is 3.11. The molecule has 1 aliphatic carbocycles. The Labute approximate surface area is 145 Å². The van der Waals surface area contributed by atoms with Crippen LogP contribution >= 0.6 is 0 Å². The van der Waals surface area contributed by atoms with E-state index in [1.807, 2.05) is 0 Å². The van der Waals surface area contributed by atoms with Crippen molar-refractivity contribution in [2.45, 2.75) is 38.5 Å². The fourth-order valence-electron chi connectivity index (χ4n) is 2.92. The minimum atomic E-state index is -0.623. The predicted octanol–water partition coefficient (Wildman–Crippen LogP) is 3.06. The van der Waals surface area contributed by atoms with Crippen molar-refractivity contribution in [3.8, 4) is 5.75 Å². The van der Waals surface area contributed by atoms with Crippen molar-refractivity contribution in [2.75, 3.05) is 19.0 Å². The van der Waals surface area contributed by atoms with Crippen LogP contribution in [0.2, 0.25) is 0 Å². The topological polar surface area (TPSA) is 108 Å². The third-order valence-corrected chi connectivity index (χ3v) is 4.27. The lowest BCUT2D eigenvalue weighted by molar-refractivity contribution is -0.384. The Morgan fingerprint density at radius 3 is 2.68 bits per heavy atom. The van der Waals surface area contributed by atoms with Crippen LogP contribution in [0.15, 0.2) is 18.2 Å². The second kappa shape index (κ2) is 9.00. The number of hydrogen-bond acceptors (Lipinski definition) is 6. The number of anilines is 1. The first-order chi connectivity index (χ1) is 12.0. The van der Waals surface area contributed by atoms with E-state index < -0.39 is 23.4 Å². The van der Waals surface area contributed by atoms with Crippen molar-refractivity contribution in [1.82, 2.24) is 0 Å². The van der Waals surface area contributed by atoms with Gasteiger partial charge in [0.2, 0.25) is 0 Å². The number of nitro benzene ring substituents is 1. The van der Waals surface area contributed by atoms with E-state index in [0.717, 1.165) is 19.3 Å². The number of nitro groups is 1. The summed E-state index contributed by atoms with van der Waals surface area (Å²) in [5.74, 6) is -0.167. The van der Waals surface area contributed by atoms with Crippen molar-refractivity contribution < 1.29 is 24.0 Å². The second-order valence-electron chi connectivity index (χ2n) is 6.04. The fraction of sp³-hybridized carbons (Fsp3) is 0.529. The van der Waals surface area contributed by atoms with Crippen LogP contribution in [0.1, 0.15) is 38.5 Å². The van der Waals surface area contributed by atoms with Gasteiger partial charge in [0, 0.05) is 6.42 Å². The van der Waals surface area contributed by atoms with E-state index in [1.54, 1.807) is 0 Å². The molecule has 136 valence electrons.